The van der Waals surface area contributed by atoms with E-state index in [0.29, 0.717) is 19.5 Å². The van der Waals surface area contributed by atoms with Gasteiger partial charge in [0, 0.05) is 27.1 Å². The van der Waals surface area contributed by atoms with Crippen LogP contribution in [0.5, 0.6) is 0 Å². The van der Waals surface area contributed by atoms with Gasteiger partial charge in [0.2, 0.25) is 5.91 Å². The second-order valence-corrected chi connectivity index (χ2v) is 6.44. The minimum absolute atomic E-state index is 0.0575. The first-order valence-electron chi connectivity index (χ1n) is 7.59. The van der Waals surface area contributed by atoms with Gasteiger partial charge in [0.15, 0.2) is 0 Å². The molecule has 1 heterocycles. The fourth-order valence-corrected chi connectivity index (χ4v) is 3.15. The number of nitrogens with one attached hydrogen (secondary N) is 2. The summed E-state index contributed by atoms with van der Waals surface area (Å²) in [6, 6.07) is 7.72. The number of carbonyl (C=O) groups excluding carboxylic acids is 2. The lowest BCUT2D eigenvalue weighted by Gasteiger charge is -2.23. The standard InChI is InChI=1S/C16H22N4O2S/c1-11(15-19-13-7-4-5-8-14(13)23-15)20(3)16(22)18-10-6-9-17-12(2)21/h4-5,7-8,11H,6,9-10H2,1-3H3,(H,17,21)(H,18,22)/t11-/m0/s1. The van der Waals surface area contributed by atoms with Crippen molar-refractivity contribution >= 4 is 33.5 Å². The van der Waals surface area contributed by atoms with E-state index in [0.717, 1.165) is 15.2 Å². The highest BCUT2D eigenvalue weighted by Gasteiger charge is 2.20. The van der Waals surface area contributed by atoms with Crippen LogP contribution >= 0.6 is 11.3 Å². The van der Waals surface area contributed by atoms with Crippen LogP contribution in [0.4, 0.5) is 4.79 Å². The number of nitrogens with zero attached hydrogens (tertiary/aromatic N) is 2. The number of hydrogen-bond donors (Lipinski definition) is 2. The van der Waals surface area contributed by atoms with Gasteiger partial charge in [0.25, 0.3) is 0 Å². The van der Waals surface area contributed by atoms with E-state index in [-0.39, 0.29) is 18.0 Å². The predicted octanol–water partition coefficient (Wildman–Crippen LogP) is 2.52. The molecule has 0 unspecified atom stereocenters. The van der Waals surface area contributed by atoms with Gasteiger partial charge in [0.05, 0.1) is 16.3 Å². The van der Waals surface area contributed by atoms with Crippen molar-refractivity contribution in [1.82, 2.24) is 20.5 Å². The minimum atomic E-state index is -0.139. The summed E-state index contributed by atoms with van der Waals surface area (Å²) in [6.45, 7) is 4.53. The molecule has 0 radical (unpaired) electrons. The van der Waals surface area contributed by atoms with Gasteiger partial charge in [-0.15, -0.1) is 11.3 Å². The zero-order valence-electron chi connectivity index (χ0n) is 13.6. The molecule has 0 saturated carbocycles. The van der Waals surface area contributed by atoms with Crippen molar-refractivity contribution in [3.63, 3.8) is 0 Å². The molecule has 1 atom stereocenters. The van der Waals surface area contributed by atoms with Crippen molar-refractivity contribution in [3.05, 3.63) is 29.3 Å². The Bertz CT molecular complexity index is 653. The third-order valence-corrected chi connectivity index (χ3v) is 4.78. The molecular formula is C16H22N4O2S. The first-order chi connectivity index (χ1) is 11.0. The van der Waals surface area contributed by atoms with Crippen LogP contribution in [-0.2, 0) is 4.79 Å². The van der Waals surface area contributed by atoms with Crippen LogP contribution in [0.1, 0.15) is 31.3 Å². The molecule has 0 aliphatic carbocycles. The number of urea groups is 1. The van der Waals surface area contributed by atoms with Crippen LogP contribution in [0.3, 0.4) is 0 Å². The van der Waals surface area contributed by atoms with Gasteiger partial charge in [-0.05, 0) is 25.5 Å². The van der Waals surface area contributed by atoms with Gasteiger partial charge >= 0.3 is 6.03 Å². The molecule has 23 heavy (non-hydrogen) atoms. The molecule has 2 N–H and O–H groups in total. The Morgan fingerprint density at radius 3 is 2.65 bits per heavy atom. The number of para-hydroxylation sites is 1. The number of amides is 3. The van der Waals surface area contributed by atoms with E-state index >= 15 is 0 Å². The van der Waals surface area contributed by atoms with E-state index < -0.39 is 0 Å². The highest BCUT2D eigenvalue weighted by atomic mass is 32.1. The maximum atomic E-state index is 12.2. The first kappa shape index (κ1) is 17.2. The summed E-state index contributed by atoms with van der Waals surface area (Å²) in [5.74, 6) is -0.0575. The van der Waals surface area contributed by atoms with Crippen LogP contribution in [0.15, 0.2) is 24.3 Å². The molecule has 0 aliphatic heterocycles. The Morgan fingerprint density at radius 1 is 1.26 bits per heavy atom. The van der Waals surface area contributed by atoms with E-state index in [1.54, 1.807) is 23.3 Å². The lowest BCUT2D eigenvalue weighted by Crippen LogP contribution is -2.39. The topological polar surface area (TPSA) is 74.3 Å². The molecule has 6 nitrogen and oxygen atoms in total. The fourth-order valence-electron chi connectivity index (χ4n) is 2.08. The van der Waals surface area contributed by atoms with Crippen molar-refractivity contribution in [3.8, 4) is 0 Å². The molecule has 2 aromatic rings. The minimum Gasteiger partial charge on any atom is -0.356 e. The Balaban J connectivity index is 1.87. The van der Waals surface area contributed by atoms with Gasteiger partial charge < -0.3 is 15.5 Å². The molecule has 0 spiro atoms. The monoisotopic (exact) mass is 334 g/mol. The van der Waals surface area contributed by atoms with E-state index in [1.807, 2.05) is 31.2 Å². The summed E-state index contributed by atoms with van der Waals surface area (Å²) in [6.07, 6.45) is 0.703. The zero-order valence-corrected chi connectivity index (χ0v) is 14.4. The summed E-state index contributed by atoms with van der Waals surface area (Å²) < 4.78 is 1.12. The van der Waals surface area contributed by atoms with Crippen LogP contribution < -0.4 is 10.6 Å². The third kappa shape index (κ3) is 4.66. The fraction of sp³-hybridized carbons (Fsp3) is 0.438. The molecule has 3 amide bonds. The summed E-state index contributed by atoms with van der Waals surface area (Å²) in [5, 5.41) is 6.47. The van der Waals surface area contributed by atoms with Crippen molar-refractivity contribution in [2.24, 2.45) is 0 Å². The Kier molecular flexibility index (Phi) is 5.92. The summed E-state index contributed by atoms with van der Waals surface area (Å²) in [5.41, 5.74) is 0.962. The zero-order chi connectivity index (χ0) is 16.8. The quantitative estimate of drug-likeness (QED) is 0.797. The van der Waals surface area contributed by atoms with Gasteiger partial charge in [-0.2, -0.15) is 0 Å². The van der Waals surface area contributed by atoms with Crippen LogP contribution in [0.25, 0.3) is 10.2 Å². The molecule has 0 bridgehead atoms. The second kappa shape index (κ2) is 7.92. The molecule has 0 fully saturated rings. The number of benzene rings is 1. The molecule has 1 aromatic carbocycles. The molecule has 7 heteroatoms. The second-order valence-electron chi connectivity index (χ2n) is 5.38. The van der Waals surface area contributed by atoms with Crippen molar-refractivity contribution in [2.45, 2.75) is 26.3 Å². The molecule has 0 aliphatic rings. The number of fused-ring (bicyclic) bond motifs is 1. The van der Waals surface area contributed by atoms with Gasteiger partial charge in [-0.1, -0.05) is 12.1 Å². The number of aromatic nitrogens is 1. The lowest BCUT2D eigenvalue weighted by atomic mass is 10.3. The summed E-state index contributed by atoms with van der Waals surface area (Å²) in [4.78, 5) is 29.2. The van der Waals surface area contributed by atoms with Crippen molar-refractivity contribution in [1.29, 1.82) is 0 Å². The Labute approximate surface area is 139 Å². The summed E-state index contributed by atoms with van der Waals surface area (Å²) in [7, 11) is 1.76. The van der Waals surface area contributed by atoms with Crippen molar-refractivity contribution < 1.29 is 9.59 Å². The Morgan fingerprint density at radius 2 is 1.96 bits per heavy atom. The number of thiazole rings is 1. The van der Waals surface area contributed by atoms with Gasteiger partial charge in [0.1, 0.15) is 5.01 Å². The largest absolute Gasteiger partial charge is 0.356 e. The Hall–Kier alpha value is -2.15. The number of hydrogen-bond acceptors (Lipinski definition) is 4. The first-order valence-corrected chi connectivity index (χ1v) is 8.41. The lowest BCUT2D eigenvalue weighted by molar-refractivity contribution is -0.118. The van der Waals surface area contributed by atoms with E-state index in [2.05, 4.69) is 15.6 Å². The average molecular weight is 334 g/mol. The molecule has 124 valence electrons. The van der Waals surface area contributed by atoms with E-state index in [9.17, 15) is 9.59 Å². The van der Waals surface area contributed by atoms with E-state index in [4.69, 9.17) is 0 Å². The number of rotatable bonds is 6. The number of carbonyl (C=O) groups is 2. The summed E-state index contributed by atoms with van der Waals surface area (Å²) >= 11 is 1.61. The SMILES string of the molecule is CC(=O)NCCCNC(=O)N(C)[C@@H](C)c1nc2ccccc2s1. The van der Waals surface area contributed by atoms with E-state index in [1.165, 1.54) is 6.92 Å². The molecule has 0 saturated heterocycles. The van der Waals surface area contributed by atoms with Crippen LogP contribution in [-0.4, -0.2) is 42.0 Å². The highest BCUT2D eigenvalue weighted by Crippen LogP contribution is 2.28. The smallest absolute Gasteiger partial charge is 0.317 e. The predicted molar refractivity (Wildman–Crippen MR) is 92.5 cm³/mol. The highest BCUT2D eigenvalue weighted by molar-refractivity contribution is 7.18. The van der Waals surface area contributed by atoms with Gasteiger partial charge in [-0.3, -0.25) is 4.79 Å². The van der Waals surface area contributed by atoms with Gasteiger partial charge in [-0.25, -0.2) is 9.78 Å². The third-order valence-electron chi connectivity index (χ3n) is 3.57. The molecule has 2 rings (SSSR count). The van der Waals surface area contributed by atoms with Crippen LogP contribution in [0.2, 0.25) is 0 Å². The maximum Gasteiger partial charge on any atom is 0.317 e. The molecule has 1 aromatic heterocycles. The van der Waals surface area contributed by atoms with Crippen molar-refractivity contribution in [2.75, 3.05) is 20.1 Å². The average Bonchev–Trinajstić information content (AvgIpc) is 2.96. The maximum absolute atomic E-state index is 12.2. The van der Waals surface area contributed by atoms with Crippen LogP contribution in [0, 0.1) is 0 Å². The molecular weight excluding hydrogens is 312 g/mol. The normalized spacial score (nSPS) is 12.0.